The van der Waals surface area contributed by atoms with Crippen LogP contribution < -0.4 is 10.1 Å². The summed E-state index contributed by atoms with van der Waals surface area (Å²) in [5.74, 6) is -0.648. The maximum atomic E-state index is 11.8. The van der Waals surface area contributed by atoms with Crippen molar-refractivity contribution in [2.24, 2.45) is 0 Å². The molecule has 6 heteroatoms. The third-order valence-electron chi connectivity index (χ3n) is 3.04. The molecule has 0 aliphatic heterocycles. The molecule has 0 spiro atoms. The third-order valence-corrected chi connectivity index (χ3v) is 3.28. The number of rotatable bonds is 6. The normalized spacial score (nSPS) is 10.0. The Balaban J connectivity index is 1.93. The lowest BCUT2D eigenvalue weighted by molar-refractivity contribution is -0.123. The molecule has 120 valence electrons. The zero-order valence-electron chi connectivity index (χ0n) is 12.5. The number of carbonyl (C=O) groups excluding carboxylic acids is 2. The van der Waals surface area contributed by atoms with Crippen LogP contribution in [0.25, 0.3) is 0 Å². The van der Waals surface area contributed by atoms with E-state index in [1.165, 1.54) is 19.2 Å². The van der Waals surface area contributed by atoms with E-state index < -0.39 is 5.97 Å². The summed E-state index contributed by atoms with van der Waals surface area (Å²) in [5, 5.41) is 3.13. The number of esters is 1. The van der Waals surface area contributed by atoms with Gasteiger partial charge in [-0.25, -0.2) is 4.79 Å². The maximum absolute atomic E-state index is 11.8. The van der Waals surface area contributed by atoms with Crippen molar-refractivity contribution in [1.82, 2.24) is 5.32 Å². The highest BCUT2D eigenvalue weighted by Crippen LogP contribution is 2.24. The molecule has 23 heavy (non-hydrogen) atoms. The number of amides is 1. The zero-order chi connectivity index (χ0) is 16.7. The Hall–Kier alpha value is -2.53. The molecule has 0 unspecified atom stereocenters. The number of nitrogens with one attached hydrogen (secondary N) is 1. The largest absolute Gasteiger partial charge is 0.483 e. The van der Waals surface area contributed by atoms with E-state index in [-0.39, 0.29) is 23.8 Å². The van der Waals surface area contributed by atoms with Crippen molar-refractivity contribution in [1.29, 1.82) is 0 Å². The van der Waals surface area contributed by atoms with E-state index >= 15 is 0 Å². The van der Waals surface area contributed by atoms with Gasteiger partial charge in [0.2, 0.25) is 0 Å². The van der Waals surface area contributed by atoms with Gasteiger partial charge in [0.05, 0.1) is 7.11 Å². The minimum atomic E-state index is -0.554. The lowest BCUT2D eigenvalue weighted by Crippen LogP contribution is -2.28. The number of methoxy groups -OCH3 is 1. The molecular formula is C17H16ClNO4. The second kappa shape index (κ2) is 8.19. The van der Waals surface area contributed by atoms with Gasteiger partial charge in [-0.1, -0.05) is 41.9 Å². The van der Waals surface area contributed by atoms with Gasteiger partial charge in [0.25, 0.3) is 5.91 Å². The molecule has 0 radical (unpaired) electrons. The summed E-state index contributed by atoms with van der Waals surface area (Å²) >= 11 is 5.89. The Bertz CT molecular complexity index is 688. The molecule has 0 saturated carbocycles. The number of carbonyl (C=O) groups is 2. The summed E-state index contributed by atoms with van der Waals surface area (Å²) < 4.78 is 10.1. The van der Waals surface area contributed by atoms with Crippen molar-refractivity contribution < 1.29 is 19.1 Å². The number of benzene rings is 2. The lowest BCUT2D eigenvalue weighted by atomic mass is 10.2. The average Bonchev–Trinajstić information content (AvgIpc) is 2.58. The van der Waals surface area contributed by atoms with E-state index in [1.807, 2.05) is 30.3 Å². The number of ether oxygens (including phenoxy) is 2. The smallest absolute Gasteiger partial charge is 0.341 e. The Labute approximate surface area is 139 Å². The predicted octanol–water partition coefficient (Wildman–Crippen LogP) is 2.82. The van der Waals surface area contributed by atoms with Crippen LogP contribution in [0.4, 0.5) is 0 Å². The Kier molecular flexibility index (Phi) is 6.00. The molecule has 1 amide bonds. The van der Waals surface area contributed by atoms with E-state index in [0.717, 1.165) is 5.56 Å². The van der Waals surface area contributed by atoms with Crippen LogP contribution in [0.2, 0.25) is 5.02 Å². The van der Waals surface area contributed by atoms with Crippen LogP contribution in [0.5, 0.6) is 5.75 Å². The summed E-state index contributed by atoms with van der Waals surface area (Å²) in [6, 6.07) is 14.0. The molecule has 0 atom stereocenters. The first-order valence-electron chi connectivity index (χ1n) is 6.91. The van der Waals surface area contributed by atoms with E-state index in [2.05, 4.69) is 10.1 Å². The molecule has 0 aromatic heterocycles. The number of hydrogen-bond acceptors (Lipinski definition) is 4. The molecule has 2 aromatic rings. The monoisotopic (exact) mass is 333 g/mol. The molecular weight excluding hydrogens is 318 g/mol. The Morgan fingerprint density at radius 2 is 1.87 bits per heavy atom. The summed E-state index contributed by atoms with van der Waals surface area (Å²) in [5.41, 5.74) is 1.20. The van der Waals surface area contributed by atoms with Crippen molar-refractivity contribution in [3.05, 3.63) is 64.7 Å². The van der Waals surface area contributed by atoms with Gasteiger partial charge < -0.3 is 14.8 Å². The van der Waals surface area contributed by atoms with E-state index in [1.54, 1.807) is 6.07 Å². The van der Waals surface area contributed by atoms with Crippen LogP contribution in [-0.2, 0) is 16.1 Å². The van der Waals surface area contributed by atoms with E-state index in [0.29, 0.717) is 11.6 Å². The summed E-state index contributed by atoms with van der Waals surface area (Å²) in [6.45, 7) is 0.180. The van der Waals surface area contributed by atoms with Crippen molar-refractivity contribution in [2.45, 2.75) is 6.54 Å². The van der Waals surface area contributed by atoms with Gasteiger partial charge in [-0.3, -0.25) is 4.79 Å². The highest BCUT2D eigenvalue weighted by Gasteiger charge is 2.14. The first kappa shape index (κ1) is 16.8. The van der Waals surface area contributed by atoms with Crippen molar-refractivity contribution in [3.8, 4) is 5.75 Å². The van der Waals surface area contributed by atoms with Gasteiger partial charge in [-0.2, -0.15) is 0 Å². The molecule has 0 fully saturated rings. The Morgan fingerprint density at radius 1 is 1.13 bits per heavy atom. The van der Waals surface area contributed by atoms with E-state index in [9.17, 15) is 9.59 Å². The van der Waals surface area contributed by atoms with Crippen LogP contribution in [-0.4, -0.2) is 25.6 Å². The summed E-state index contributed by atoms with van der Waals surface area (Å²) in [4.78, 5) is 23.5. The van der Waals surface area contributed by atoms with Crippen molar-refractivity contribution >= 4 is 23.5 Å². The molecule has 2 aromatic carbocycles. The quantitative estimate of drug-likeness (QED) is 0.826. The molecule has 0 aliphatic carbocycles. The fraction of sp³-hybridized carbons (Fsp3) is 0.176. The first-order chi connectivity index (χ1) is 11.1. The molecule has 0 aliphatic rings. The average molecular weight is 334 g/mol. The first-order valence-corrected chi connectivity index (χ1v) is 7.29. The highest BCUT2D eigenvalue weighted by molar-refractivity contribution is 6.30. The molecule has 0 bridgehead atoms. The minimum Gasteiger partial charge on any atom is -0.483 e. The molecule has 0 heterocycles. The molecule has 1 N–H and O–H groups in total. The fourth-order valence-corrected chi connectivity index (χ4v) is 2.05. The third kappa shape index (κ3) is 5.00. The highest BCUT2D eigenvalue weighted by atomic mass is 35.5. The van der Waals surface area contributed by atoms with Crippen LogP contribution >= 0.6 is 11.6 Å². The maximum Gasteiger partial charge on any atom is 0.341 e. The van der Waals surface area contributed by atoms with Gasteiger partial charge in [-0.15, -0.1) is 0 Å². The zero-order valence-corrected chi connectivity index (χ0v) is 13.3. The van der Waals surface area contributed by atoms with Crippen LogP contribution in [0.3, 0.4) is 0 Å². The van der Waals surface area contributed by atoms with Crippen LogP contribution in [0.1, 0.15) is 15.9 Å². The topological polar surface area (TPSA) is 64.6 Å². The van der Waals surface area contributed by atoms with Crippen molar-refractivity contribution in [2.75, 3.05) is 13.7 Å². The fourth-order valence-electron chi connectivity index (χ4n) is 1.89. The minimum absolute atomic E-state index is 0.208. The summed E-state index contributed by atoms with van der Waals surface area (Å²) in [6.07, 6.45) is 0. The van der Waals surface area contributed by atoms with Crippen molar-refractivity contribution in [3.63, 3.8) is 0 Å². The van der Waals surface area contributed by atoms with Crippen LogP contribution in [0.15, 0.2) is 48.5 Å². The predicted molar refractivity (Wildman–Crippen MR) is 86.6 cm³/mol. The molecule has 2 rings (SSSR count). The molecule has 5 nitrogen and oxygen atoms in total. The van der Waals surface area contributed by atoms with Crippen LogP contribution in [0, 0.1) is 0 Å². The second-order valence-corrected chi connectivity index (χ2v) is 5.12. The van der Waals surface area contributed by atoms with E-state index in [4.69, 9.17) is 16.3 Å². The standard InChI is InChI=1S/C17H16ClNO4/c1-22-17(21)14-8-7-13(18)9-15(14)23-11-16(20)19-10-12-5-3-2-4-6-12/h2-9H,10-11H2,1H3,(H,19,20). The summed E-state index contributed by atoms with van der Waals surface area (Å²) in [7, 11) is 1.27. The van der Waals surface area contributed by atoms with Gasteiger partial charge in [0.15, 0.2) is 6.61 Å². The van der Waals surface area contributed by atoms with Gasteiger partial charge in [0, 0.05) is 11.6 Å². The SMILES string of the molecule is COC(=O)c1ccc(Cl)cc1OCC(=O)NCc1ccccc1. The Morgan fingerprint density at radius 3 is 2.57 bits per heavy atom. The number of hydrogen-bond donors (Lipinski definition) is 1. The van der Waals surface area contributed by atoms with Gasteiger partial charge in [-0.05, 0) is 23.8 Å². The van der Waals surface area contributed by atoms with Gasteiger partial charge in [0.1, 0.15) is 11.3 Å². The second-order valence-electron chi connectivity index (χ2n) is 4.68. The van der Waals surface area contributed by atoms with Gasteiger partial charge >= 0.3 is 5.97 Å². The number of halogens is 1. The molecule has 0 saturated heterocycles. The lowest BCUT2D eigenvalue weighted by Gasteiger charge is -2.11.